The molecule has 0 saturated carbocycles. The first-order chi connectivity index (χ1) is 20.0. The summed E-state index contributed by atoms with van der Waals surface area (Å²) in [6.45, 7) is 9.18. The molecule has 2 atom stereocenters. The molecule has 2 aromatic rings. The van der Waals surface area contributed by atoms with Gasteiger partial charge in [-0.1, -0.05) is 60.2 Å². The minimum atomic E-state index is -0.717. The van der Waals surface area contributed by atoms with E-state index in [0.29, 0.717) is 51.9 Å². The highest BCUT2D eigenvalue weighted by molar-refractivity contribution is 5.89. The van der Waals surface area contributed by atoms with E-state index in [4.69, 9.17) is 4.74 Å². The Morgan fingerprint density at radius 1 is 0.905 bits per heavy atom. The van der Waals surface area contributed by atoms with Crippen LogP contribution in [0.15, 0.2) is 54.6 Å². The molecule has 4 amide bonds. The Hall–Kier alpha value is -3.88. The van der Waals surface area contributed by atoms with Crippen LogP contribution in [0.2, 0.25) is 0 Å². The van der Waals surface area contributed by atoms with E-state index in [-0.39, 0.29) is 23.6 Å². The number of carbonyl (C=O) groups is 4. The molecule has 2 saturated heterocycles. The molecule has 42 heavy (non-hydrogen) atoms. The largest absolute Gasteiger partial charge is 0.444 e. The summed E-state index contributed by atoms with van der Waals surface area (Å²) in [5, 5.41) is 5.98. The van der Waals surface area contributed by atoms with Gasteiger partial charge >= 0.3 is 6.09 Å². The van der Waals surface area contributed by atoms with E-state index in [2.05, 4.69) is 10.6 Å². The second-order valence-corrected chi connectivity index (χ2v) is 12.4. The fraction of sp³-hybridized carbons (Fsp3) is 0.515. The number of amides is 4. The number of ether oxygens (including phenoxy) is 1. The van der Waals surface area contributed by atoms with Gasteiger partial charge in [-0.05, 0) is 64.5 Å². The van der Waals surface area contributed by atoms with E-state index < -0.39 is 23.8 Å². The van der Waals surface area contributed by atoms with Crippen LogP contribution in [-0.2, 0) is 32.1 Å². The van der Waals surface area contributed by atoms with Gasteiger partial charge in [-0.3, -0.25) is 19.3 Å². The van der Waals surface area contributed by atoms with Crippen molar-refractivity contribution in [3.05, 3.63) is 71.3 Å². The first-order valence-corrected chi connectivity index (χ1v) is 15.0. The van der Waals surface area contributed by atoms with E-state index in [0.717, 1.165) is 23.1 Å². The van der Waals surface area contributed by atoms with Crippen LogP contribution in [0.5, 0.6) is 0 Å². The van der Waals surface area contributed by atoms with E-state index >= 15 is 0 Å². The van der Waals surface area contributed by atoms with Crippen LogP contribution in [0.25, 0.3) is 0 Å². The van der Waals surface area contributed by atoms with Crippen LogP contribution in [0.1, 0.15) is 63.1 Å². The topological polar surface area (TPSA) is 108 Å². The van der Waals surface area contributed by atoms with Crippen LogP contribution in [0.3, 0.4) is 0 Å². The zero-order chi connectivity index (χ0) is 30.3. The molecule has 0 spiro atoms. The Bertz CT molecular complexity index is 1230. The number of nitrogens with zero attached hydrogens (tertiary/aromatic N) is 2. The fourth-order valence-electron chi connectivity index (χ4n) is 5.50. The Morgan fingerprint density at radius 2 is 1.57 bits per heavy atom. The van der Waals surface area contributed by atoms with Gasteiger partial charge in [-0.25, -0.2) is 4.79 Å². The van der Waals surface area contributed by atoms with Crippen molar-refractivity contribution in [3.8, 4) is 0 Å². The number of nitrogens with one attached hydrogen (secondary N) is 2. The van der Waals surface area contributed by atoms with Crippen molar-refractivity contribution in [3.63, 3.8) is 0 Å². The third-order valence-corrected chi connectivity index (χ3v) is 7.85. The van der Waals surface area contributed by atoms with Gasteiger partial charge in [-0.15, -0.1) is 0 Å². The lowest BCUT2D eigenvalue weighted by Crippen LogP contribution is -2.53. The summed E-state index contributed by atoms with van der Waals surface area (Å²) in [5.41, 5.74) is 2.47. The molecule has 0 bridgehead atoms. The molecule has 9 nitrogen and oxygen atoms in total. The van der Waals surface area contributed by atoms with Gasteiger partial charge < -0.3 is 20.3 Å². The Morgan fingerprint density at radius 3 is 2.21 bits per heavy atom. The maximum absolute atomic E-state index is 13.4. The molecule has 226 valence electrons. The highest BCUT2D eigenvalue weighted by atomic mass is 16.6. The molecular formula is C33H44N4O5. The van der Waals surface area contributed by atoms with Crippen molar-refractivity contribution >= 4 is 23.8 Å². The van der Waals surface area contributed by atoms with Crippen LogP contribution >= 0.6 is 0 Å². The summed E-state index contributed by atoms with van der Waals surface area (Å²) in [7, 11) is 0. The first-order valence-electron chi connectivity index (χ1n) is 15.0. The first kappa shape index (κ1) is 31.1. The summed E-state index contributed by atoms with van der Waals surface area (Å²) in [6.07, 6.45) is 2.28. The summed E-state index contributed by atoms with van der Waals surface area (Å²) >= 11 is 0. The van der Waals surface area contributed by atoms with Crippen LogP contribution in [-0.4, -0.2) is 70.9 Å². The Balaban J connectivity index is 1.33. The predicted octanol–water partition coefficient (Wildman–Crippen LogP) is 3.98. The second kappa shape index (κ2) is 13.9. The lowest BCUT2D eigenvalue weighted by molar-refractivity contribution is -0.139. The number of hydrogen-bond acceptors (Lipinski definition) is 5. The minimum Gasteiger partial charge on any atom is -0.444 e. The SMILES string of the molecule is Cc1ccc(CNC(=O)[C@H](Cc2ccccc2)NC(=O)C2CCN(C(=O)[C@@H]3CCCN3C(=O)OC(C)(C)C)CC2)cc1. The highest BCUT2D eigenvalue weighted by Gasteiger charge is 2.40. The maximum atomic E-state index is 13.4. The number of rotatable bonds is 8. The van der Waals surface area contributed by atoms with Gasteiger partial charge in [0, 0.05) is 38.5 Å². The van der Waals surface area contributed by atoms with E-state index in [9.17, 15) is 19.2 Å². The quantitative estimate of drug-likeness (QED) is 0.495. The summed E-state index contributed by atoms with van der Waals surface area (Å²) in [6, 6.07) is 16.4. The van der Waals surface area contributed by atoms with Gasteiger partial charge in [-0.2, -0.15) is 0 Å². The normalized spacial score (nSPS) is 18.3. The summed E-state index contributed by atoms with van der Waals surface area (Å²) in [4.78, 5) is 55.9. The van der Waals surface area contributed by atoms with Crippen molar-refractivity contribution in [2.24, 2.45) is 5.92 Å². The van der Waals surface area contributed by atoms with Crippen molar-refractivity contribution < 1.29 is 23.9 Å². The third-order valence-electron chi connectivity index (χ3n) is 7.85. The molecule has 0 unspecified atom stereocenters. The predicted molar refractivity (Wildman–Crippen MR) is 160 cm³/mol. The molecule has 2 aromatic carbocycles. The third kappa shape index (κ3) is 8.57. The van der Waals surface area contributed by atoms with E-state index in [1.54, 1.807) is 4.90 Å². The minimum absolute atomic E-state index is 0.0883. The fourth-order valence-corrected chi connectivity index (χ4v) is 5.50. The monoisotopic (exact) mass is 576 g/mol. The molecular weight excluding hydrogens is 532 g/mol. The molecule has 2 aliphatic heterocycles. The maximum Gasteiger partial charge on any atom is 0.410 e. The summed E-state index contributed by atoms with van der Waals surface area (Å²) < 4.78 is 5.51. The zero-order valence-corrected chi connectivity index (χ0v) is 25.2. The number of benzene rings is 2. The second-order valence-electron chi connectivity index (χ2n) is 12.4. The molecule has 2 aliphatic rings. The lowest BCUT2D eigenvalue weighted by Gasteiger charge is -2.35. The summed E-state index contributed by atoms with van der Waals surface area (Å²) in [5.74, 6) is -0.800. The Labute approximate surface area is 249 Å². The van der Waals surface area contributed by atoms with Gasteiger partial charge in [0.2, 0.25) is 17.7 Å². The average Bonchev–Trinajstić information content (AvgIpc) is 3.46. The average molecular weight is 577 g/mol. The number of hydrogen-bond donors (Lipinski definition) is 2. The van der Waals surface area contributed by atoms with E-state index in [1.807, 2.05) is 82.3 Å². The van der Waals surface area contributed by atoms with Crippen molar-refractivity contribution in [1.82, 2.24) is 20.4 Å². The van der Waals surface area contributed by atoms with Gasteiger partial charge in [0.1, 0.15) is 17.7 Å². The van der Waals surface area contributed by atoms with Crippen LogP contribution < -0.4 is 10.6 Å². The Kier molecular flexibility index (Phi) is 10.2. The van der Waals surface area contributed by atoms with E-state index in [1.165, 1.54) is 4.90 Å². The van der Waals surface area contributed by atoms with Gasteiger partial charge in [0.25, 0.3) is 0 Å². The molecule has 2 N–H and O–H groups in total. The molecule has 2 fully saturated rings. The standard InChI is InChI=1S/C33H44N4O5/c1-23-12-14-25(15-13-23)22-34-30(39)27(21-24-9-6-5-7-10-24)35-29(38)26-16-19-36(20-17-26)31(40)28-11-8-18-37(28)32(41)42-33(2,3)4/h5-7,9-10,12-15,26-28H,8,11,16-22H2,1-4H3,(H,34,39)(H,35,38)/t27-,28-/m0/s1. The van der Waals surface area contributed by atoms with Crippen molar-refractivity contribution in [1.29, 1.82) is 0 Å². The van der Waals surface area contributed by atoms with Crippen LogP contribution in [0, 0.1) is 12.8 Å². The number of likely N-dealkylation sites (tertiary alicyclic amines) is 2. The molecule has 4 rings (SSSR count). The van der Waals surface area contributed by atoms with Crippen molar-refractivity contribution in [2.75, 3.05) is 19.6 Å². The molecule has 0 aromatic heterocycles. The molecule has 0 aliphatic carbocycles. The zero-order valence-electron chi connectivity index (χ0n) is 25.2. The molecule has 2 heterocycles. The number of aryl methyl sites for hydroxylation is 1. The molecule has 0 radical (unpaired) electrons. The van der Waals surface area contributed by atoms with Crippen molar-refractivity contribution in [2.45, 2.75) is 84.0 Å². The smallest absolute Gasteiger partial charge is 0.410 e. The van der Waals surface area contributed by atoms with Gasteiger partial charge in [0.05, 0.1) is 0 Å². The number of piperidine rings is 1. The van der Waals surface area contributed by atoms with Crippen LogP contribution in [0.4, 0.5) is 4.79 Å². The van der Waals surface area contributed by atoms with Gasteiger partial charge in [0.15, 0.2) is 0 Å². The lowest BCUT2D eigenvalue weighted by atomic mass is 9.94. The number of carbonyl (C=O) groups excluding carboxylic acids is 4. The highest BCUT2D eigenvalue weighted by Crippen LogP contribution is 2.25. The molecule has 9 heteroatoms.